The topological polar surface area (TPSA) is 20.3 Å². The minimum absolute atomic E-state index is 0.145. The largest absolute Gasteiger partial charge is 0.314 e. The van der Waals surface area contributed by atoms with Gasteiger partial charge in [-0.2, -0.15) is 0 Å². The lowest BCUT2D eigenvalue weighted by Crippen LogP contribution is -2.27. The number of rotatable bonds is 0. The molecule has 0 bridgehead atoms. The number of halogens is 1. The third-order valence-electron chi connectivity index (χ3n) is 3.30. The highest BCUT2D eigenvalue weighted by molar-refractivity contribution is 9.10. The van der Waals surface area contributed by atoms with Gasteiger partial charge in [0.25, 0.3) is 0 Å². The molecular weight excluding hydrogens is 242 g/mol. The summed E-state index contributed by atoms with van der Waals surface area (Å²) in [5, 5.41) is 0. The Kier molecular flexibility index (Phi) is 1.45. The maximum absolute atomic E-state index is 12.0. The molecule has 3 rings (SSSR count). The van der Waals surface area contributed by atoms with Gasteiger partial charge in [-0.1, -0.05) is 15.9 Å². The van der Waals surface area contributed by atoms with Crippen molar-refractivity contribution >= 4 is 27.5 Å². The summed E-state index contributed by atoms with van der Waals surface area (Å²) < 4.78 is 1.06. The number of likely N-dealkylation sites (N-methyl/N-ethyl adjacent to an activating group) is 1. The molecule has 0 N–H and O–H groups in total. The summed E-state index contributed by atoms with van der Waals surface area (Å²) in [6, 6.07) is 6.10. The van der Waals surface area contributed by atoms with Crippen molar-refractivity contribution in [2.24, 2.45) is 0 Å². The first-order valence-electron chi connectivity index (χ1n) is 4.73. The summed E-state index contributed by atoms with van der Waals surface area (Å²) >= 11 is 3.45. The van der Waals surface area contributed by atoms with Crippen LogP contribution in [0.2, 0.25) is 0 Å². The molecule has 1 aromatic rings. The fraction of sp³-hybridized carbons (Fsp3) is 0.364. The second-order valence-electron chi connectivity index (χ2n) is 4.11. The van der Waals surface area contributed by atoms with Gasteiger partial charge in [-0.05, 0) is 36.6 Å². The minimum atomic E-state index is -0.145. The van der Waals surface area contributed by atoms with Gasteiger partial charge in [0, 0.05) is 17.2 Å². The number of carbonyl (C=O) groups excluding carboxylic acids is 1. The van der Waals surface area contributed by atoms with Crippen molar-refractivity contribution in [2.45, 2.75) is 18.3 Å². The van der Waals surface area contributed by atoms with Gasteiger partial charge in [-0.3, -0.25) is 4.79 Å². The van der Waals surface area contributed by atoms with Crippen molar-refractivity contribution in [2.75, 3.05) is 11.9 Å². The molecule has 1 aliphatic heterocycles. The lowest BCUT2D eigenvalue weighted by Gasteiger charge is -2.09. The Balaban J connectivity index is 2.27. The molecule has 1 spiro atoms. The summed E-state index contributed by atoms with van der Waals surface area (Å²) in [6.07, 6.45) is 2.03. The summed E-state index contributed by atoms with van der Waals surface area (Å²) in [7, 11) is 1.86. The highest BCUT2D eigenvalue weighted by atomic mass is 79.9. The van der Waals surface area contributed by atoms with Gasteiger partial charge in [0.15, 0.2) is 0 Å². The first kappa shape index (κ1) is 8.48. The zero-order valence-corrected chi connectivity index (χ0v) is 9.47. The molecule has 1 heterocycles. The average molecular weight is 252 g/mol. The van der Waals surface area contributed by atoms with Gasteiger partial charge < -0.3 is 4.90 Å². The Morgan fingerprint density at radius 3 is 2.79 bits per heavy atom. The summed E-state index contributed by atoms with van der Waals surface area (Å²) in [5.74, 6) is 0.269. The Morgan fingerprint density at radius 1 is 1.43 bits per heavy atom. The molecule has 2 aliphatic rings. The van der Waals surface area contributed by atoms with E-state index >= 15 is 0 Å². The molecule has 0 aromatic heterocycles. The molecule has 14 heavy (non-hydrogen) atoms. The molecule has 1 saturated carbocycles. The third-order valence-corrected chi connectivity index (χ3v) is 3.79. The zero-order chi connectivity index (χ0) is 9.92. The van der Waals surface area contributed by atoms with Crippen LogP contribution in [0.25, 0.3) is 0 Å². The monoisotopic (exact) mass is 251 g/mol. The van der Waals surface area contributed by atoms with Crippen molar-refractivity contribution < 1.29 is 4.79 Å². The van der Waals surface area contributed by atoms with Crippen LogP contribution in [0, 0.1) is 0 Å². The average Bonchev–Trinajstić information content (AvgIpc) is 2.93. The molecule has 1 aliphatic carbocycles. The highest BCUT2D eigenvalue weighted by Gasteiger charge is 2.58. The quantitative estimate of drug-likeness (QED) is 0.694. The Hall–Kier alpha value is -0.830. The maximum Gasteiger partial charge on any atom is 0.237 e. The van der Waals surface area contributed by atoms with Gasteiger partial charge in [0.2, 0.25) is 5.91 Å². The number of nitrogens with zero attached hydrogens (tertiary/aromatic N) is 1. The van der Waals surface area contributed by atoms with E-state index in [-0.39, 0.29) is 11.3 Å². The SMILES string of the molecule is CN1C(=O)C2(CC2)c2cc(Br)ccc21. The van der Waals surface area contributed by atoms with Crippen LogP contribution in [0.5, 0.6) is 0 Å². The second-order valence-corrected chi connectivity index (χ2v) is 5.02. The molecule has 3 heteroatoms. The van der Waals surface area contributed by atoms with Crippen LogP contribution in [0.1, 0.15) is 18.4 Å². The molecular formula is C11H10BrNO. The van der Waals surface area contributed by atoms with Crippen LogP contribution in [-0.4, -0.2) is 13.0 Å². The van der Waals surface area contributed by atoms with E-state index in [0.29, 0.717) is 0 Å². The van der Waals surface area contributed by atoms with Gasteiger partial charge in [0.05, 0.1) is 5.41 Å². The maximum atomic E-state index is 12.0. The first-order chi connectivity index (χ1) is 6.65. The van der Waals surface area contributed by atoms with Crippen LogP contribution in [-0.2, 0) is 10.2 Å². The van der Waals surface area contributed by atoms with Gasteiger partial charge in [-0.15, -0.1) is 0 Å². The van der Waals surface area contributed by atoms with Crippen LogP contribution in [0.3, 0.4) is 0 Å². The minimum Gasteiger partial charge on any atom is -0.314 e. The molecule has 0 unspecified atom stereocenters. The fourth-order valence-electron chi connectivity index (χ4n) is 2.34. The van der Waals surface area contributed by atoms with E-state index in [0.717, 1.165) is 23.0 Å². The number of hydrogen-bond donors (Lipinski definition) is 0. The van der Waals surface area contributed by atoms with E-state index in [1.54, 1.807) is 4.90 Å². The van der Waals surface area contributed by atoms with Crippen molar-refractivity contribution in [3.63, 3.8) is 0 Å². The molecule has 1 amide bonds. The summed E-state index contributed by atoms with van der Waals surface area (Å²) in [6.45, 7) is 0. The molecule has 0 radical (unpaired) electrons. The van der Waals surface area contributed by atoms with Crippen molar-refractivity contribution in [3.05, 3.63) is 28.2 Å². The van der Waals surface area contributed by atoms with Crippen molar-refractivity contribution in [1.82, 2.24) is 0 Å². The number of carbonyl (C=O) groups is 1. The van der Waals surface area contributed by atoms with E-state index in [1.165, 1.54) is 5.56 Å². The van der Waals surface area contributed by atoms with Crippen LogP contribution in [0.4, 0.5) is 5.69 Å². The van der Waals surface area contributed by atoms with Crippen LogP contribution < -0.4 is 4.90 Å². The number of anilines is 1. The van der Waals surface area contributed by atoms with E-state index in [9.17, 15) is 4.79 Å². The first-order valence-corrected chi connectivity index (χ1v) is 5.53. The Morgan fingerprint density at radius 2 is 2.14 bits per heavy atom. The highest BCUT2D eigenvalue weighted by Crippen LogP contribution is 2.57. The Labute approximate surface area is 91.0 Å². The number of benzene rings is 1. The van der Waals surface area contributed by atoms with Crippen LogP contribution in [0.15, 0.2) is 22.7 Å². The van der Waals surface area contributed by atoms with E-state index in [2.05, 4.69) is 22.0 Å². The zero-order valence-electron chi connectivity index (χ0n) is 7.88. The fourth-order valence-corrected chi connectivity index (χ4v) is 2.70. The molecule has 1 aromatic carbocycles. The Bertz CT molecular complexity index is 437. The van der Waals surface area contributed by atoms with Crippen LogP contribution >= 0.6 is 15.9 Å². The molecule has 0 saturated heterocycles. The second kappa shape index (κ2) is 2.40. The van der Waals surface area contributed by atoms with Gasteiger partial charge >= 0.3 is 0 Å². The normalized spacial score (nSPS) is 21.6. The number of fused-ring (bicyclic) bond motifs is 2. The lowest BCUT2D eigenvalue weighted by atomic mass is 9.98. The van der Waals surface area contributed by atoms with Crippen molar-refractivity contribution in [1.29, 1.82) is 0 Å². The summed E-state index contributed by atoms with van der Waals surface area (Å²) in [5.41, 5.74) is 2.14. The van der Waals surface area contributed by atoms with E-state index < -0.39 is 0 Å². The predicted molar refractivity (Wildman–Crippen MR) is 58.5 cm³/mol. The molecule has 0 atom stereocenters. The van der Waals surface area contributed by atoms with Gasteiger partial charge in [-0.25, -0.2) is 0 Å². The molecule has 2 nitrogen and oxygen atoms in total. The van der Waals surface area contributed by atoms with Crippen molar-refractivity contribution in [3.8, 4) is 0 Å². The van der Waals surface area contributed by atoms with E-state index in [1.807, 2.05) is 19.2 Å². The predicted octanol–water partition coefficient (Wildman–Crippen LogP) is 2.46. The van der Waals surface area contributed by atoms with E-state index in [4.69, 9.17) is 0 Å². The number of hydrogen-bond acceptors (Lipinski definition) is 1. The smallest absolute Gasteiger partial charge is 0.237 e. The standard InChI is InChI=1S/C11H10BrNO/c1-13-9-3-2-7(12)6-8(9)11(4-5-11)10(13)14/h2-3,6H,4-5H2,1H3. The summed E-state index contributed by atoms with van der Waals surface area (Å²) in [4.78, 5) is 13.8. The number of amides is 1. The van der Waals surface area contributed by atoms with Gasteiger partial charge in [0.1, 0.15) is 0 Å². The third kappa shape index (κ3) is 0.836. The molecule has 72 valence electrons. The molecule has 1 fully saturated rings. The lowest BCUT2D eigenvalue weighted by molar-refractivity contribution is -0.119.